The zero-order valence-electron chi connectivity index (χ0n) is 13.2. The Morgan fingerprint density at radius 1 is 1.12 bits per heavy atom. The average Bonchev–Trinajstić information content (AvgIpc) is 3.02. The van der Waals surface area contributed by atoms with E-state index in [2.05, 4.69) is 4.99 Å². The Morgan fingerprint density at radius 2 is 1.92 bits per heavy atom. The minimum Gasteiger partial charge on any atom is -0.478 e. The van der Waals surface area contributed by atoms with Gasteiger partial charge in [-0.3, -0.25) is 4.99 Å². The van der Waals surface area contributed by atoms with E-state index in [0.717, 1.165) is 11.1 Å². The molecule has 1 aromatic heterocycles. The Balaban J connectivity index is 1.85. The lowest BCUT2D eigenvalue weighted by Gasteiger charge is -2.03. The van der Waals surface area contributed by atoms with E-state index in [0.29, 0.717) is 27.3 Å². The number of aryl methyl sites for hydroxylation is 1. The zero-order valence-corrected chi connectivity index (χ0v) is 14.7. The van der Waals surface area contributed by atoms with Gasteiger partial charge in [0.05, 0.1) is 22.5 Å². The van der Waals surface area contributed by atoms with Crippen LogP contribution in [0.1, 0.15) is 21.7 Å². The maximum Gasteiger partial charge on any atom is 0.335 e. The summed E-state index contributed by atoms with van der Waals surface area (Å²) >= 11 is 11.9. The fraction of sp³-hybridized carbons (Fsp3) is 0.0526. The molecule has 0 unspecified atom stereocenters. The van der Waals surface area contributed by atoms with Crippen LogP contribution in [0.2, 0.25) is 10.0 Å². The molecule has 0 saturated heterocycles. The van der Waals surface area contributed by atoms with Crippen LogP contribution < -0.4 is 0 Å². The lowest BCUT2D eigenvalue weighted by Crippen LogP contribution is -1.96. The van der Waals surface area contributed by atoms with Crippen molar-refractivity contribution in [2.75, 3.05) is 0 Å². The molecule has 126 valence electrons. The van der Waals surface area contributed by atoms with Gasteiger partial charge >= 0.3 is 5.97 Å². The summed E-state index contributed by atoms with van der Waals surface area (Å²) in [6.45, 7) is 1.84. The molecule has 1 heterocycles. The number of aliphatic imine (C=N–C) groups is 1. The molecule has 25 heavy (non-hydrogen) atoms. The van der Waals surface area contributed by atoms with Crippen molar-refractivity contribution < 1.29 is 14.3 Å². The van der Waals surface area contributed by atoms with Gasteiger partial charge in [-0.1, -0.05) is 29.3 Å². The smallest absolute Gasteiger partial charge is 0.335 e. The number of hydrogen-bond donors (Lipinski definition) is 1. The van der Waals surface area contributed by atoms with Gasteiger partial charge in [0, 0.05) is 10.6 Å². The van der Waals surface area contributed by atoms with E-state index in [-0.39, 0.29) is 5.56 Å². The van der Waals surface area contributed by atoms with Crippen LogP contribution in [0.5, 0.6) is 0 Å². The van der Waals surface area contributed by atoms with Gasteiger partial charge in [-0.2, -0.15) is 0 Å². The molecule has 3 rings (SSSR count). The highest BCUT2D eigenvalue weighted by atomic mass is 35.5. The predicted molar refractivity (Wildman–Crippen MR) is 99.6 cm³/mol. The molecule has 1 N–H and O–H groups in total. The first kappa shape index (κ1) is 17.3. The number of carbonyl (C=O) groups is 1. The summed E-state index contributed by atoms with van der Waals surface area (Å²) in [6, 6.07) is 13.5. The molecule has 2 aromatic carbocycles. The number of furan rings is 1. The van der Waals surface area contributed by atoms with Gasteiger partial charge in [0.2, 0.25) is 0 Å². The molecule has 0 spiro atoms. The summed E-state index contributed by atoms with van der Waals surface area (Å²) < 4.78 is 5.77. The van der Waals surface area contributed by atoms with Gasteiger partial charge in [-0.05, 0) is 55.0 Å². The highest BCUT2D eigenvalue weighted by Crippen LogP contribution is 2.29. The SMILES string of the molecule is Cc1cc(C(=O)O)ccc1-c1ccc(C=Nc2ccc(Cl)cc2Cl)o1. The number of carboxylic acids is 1. The molecule has 0 radical (unpaired) electrons. The maximum absolute atomic E-state index is 11.0. The Labute approximate surface area is 154 Å². The minimum atomic E-state index is -0.957. The molecule has 0 fully saturated rings. The standard InChI is InChI=1S/C19H13Cl2NO3/c1-11-8-12(19(23)24)2-5-15(11)18-7-4-14(25-18)10-22-17-6-3-13(20)9-16(17)21/h2-10H,1H3,(H,23,24). The molecule has 0 aliphatic rings. The predicted octanol–water partition coefficient (Wildman–Crippen LogP) is 6.01. The second-order valence-electron chi connectivity index (χ2n) is 5.39. The number of carboxylic acid groups (broad SMARTS) is 1. The third-order valence-electron chi connectivity index (χ3n) is 3.61. The molecule has 0 amide bonds. The highest BCUT2D eigenvalue weighted by Gasteiger charge is 2.10. The molecule has 6 heteroatoms. The average molecular weight is 374 g/mol. The van der Waals surface area contributed by atoms with Crippen LogP contribution in [0.3, 0.4) is 0 Å². The van der Waals surface area contributed by atoms with Crippen molar-refractivity contribution in [3.63, 3.8) is 0 Å². The molecule has 0 aliphatic carbocycles. The normalized spacial score (nSPS) is 11.2. The monoisotopic (exact) mass is 373 g/mol. The van der Waals surface area contributed by atoms with Crippen LogP contribution in [-0.4, -0.2) is 17.3 Å². The number of benzene rings is 2. The van der Waals surface area contributed by atoms with Crippen molar-refractivity contribution in [2.45, 2.75) is 6.92 Å². The van der Waals surface area contributed by atoms with Crippen LogP contribution in [-0.2, 0) is 0 Å². The molecular formula is C19H13Cl2NO3. The molecule has 3 aromatic rings. The molecule has 0 saturated carbocycles. The third-order valence-corrected chi connectivity index (χ3v) is 4.14. The Morgan fingerprint density at radius 3 is 2.60 bits per heavy atom. The number of rotatable bonds is 4. The summed E-state index contributed by atoms with van der Waals surface area (Å²) in [5.74, 6) is 0.239. The van der Waals surface area contributed by atoms with Gasteiger partial charge in [0.15, 0.2) is 0 Å². The third kappa shape index (κ3) is 3.92. The van der Waals surface area contributed by atoms with Crippen molar-refractivity contribution in [3.05, 3.63) is 75.5 Å². The van der Waals surface area contributed by atoms with E-state index in [1.54, 1.807) is 48.7 Å². The summed E-state index contributed by atoms with van der Waals surface area (Å²) in [7, 11) is 0. The van der Waals surface area contributed by atoms with Crippen molar-refractivity contribution >= 4 is 41.1 Å². The second-order valence-corrected chi connectivity index (χ2v) is 6.23. The minimum absolute atomic E-state index is 0.243. The zero-order chi connectivity index (χ0) is 18.0. The number of aromatic carboxylic acids is 1. The van der Waals surface area contributed by atoms with Crippen LogP contribution >= 0.6 is 23.2 Å². The van der Waals surface area contributed by atoms with E-state index in [4.69, 9.17) is 32.7 Å². The molecule has 0 bridgehead atoms. The Kier molecular flexibility index (Phi) is 4.93. The summed E-state index contributed by atoms with van der Waals surface area (Å²) in [5, 5.41) is 10.0. The first-order valence-electron chi connectivity index (χ1n) is 7.37. The van der Waals surface area contributed by atoms with Crippen molar-refractivity contribution in [1.82, 2.24) is 0 Å². The number of hydrogen-bond acceptors (Lipinski definition) is 3. The van der Waals surface area contributed by atoms with E-state index >= 15 is 0 Å². The molecule has 4 nitrogen and oxygen atoms in total. The molecule has 0 aliphatic heterocycles. The summed E-state index contributed by atoms with van der Waals surface area (Å²) in [4.78, 5) is 15.3. The first-order valence-corrected chi connectivity index (χ1v) is 8.13. The van der Waals surface area contributed by atoms with E-state index < -0.39 is 5.97 Å². The van der Waals surface area contributed by atoms with Gasteiger partial charge in [-0.15, -0.1) is 0 Å². The summed E-state index contributed by atoms with van der Waals surface area (Å²) in [6.07, 6.45) is 1.57. The van der Waals surface area contributed by atoms with Crippen molar-refractivity contribution in [1.29, 1.82) is 0 Å². The lowest BCUT2D eigenvalue weighted by atomic mass is 10.0. The van der Waals surface area contributed by atoms with Crippen LogP contribution in [0.25, 0.3) is 11.3 Å². The topological polar surface area (TPSA) is 62.8 Å². The first-order chi connectivity index (χ1) is 11.9. The number of halogens is 2. The largest absolute Gasteiger partial charge is 0.478 e. The van der Waals surface area contributed by atoms with E-state index in [9.17, 15) is 4.79 Å². The van der Waals surface area contributed by atoms with Gasteiger partial charge < -0.3 is 9.52 Å². The molecular weight excluding hydrogens is 361 g/mol. The quantitative estimate of drug-likeness (QED) is 0.569. The Bertz CT molecular complexity index is 977. The van der Waals surface area contributed by atoms with Gasteiger partial charge in [-0.25, -0.2) is 4.79 Å². The summed E-state index contributed by atoms with van der Waals surface area (Å²) in [5.41, 5.74) is 2.48. The maximum atomic E-state index is 11.0. The highest BCUT2D eigenvalue weighted by molar-refractivity contribution is 6.36. The van der Waals surface area contributed by atoms with E-state index in [1.165, 1.54) is 0 Å². The van der Waals surface area contributed by atoms with E-state index in [1.807, 2.05) is 13.0 Å². The fourth-order valence-corrected chi connectivity index (χ4v) is 2.82. The second kappa shape index (κ2) is 7.13. The number of nitrogens with zero attached hydrogens (tertiary/aromatic N) is 1. The Hall–Kier alpha value is -2.56. The fourth-order valence-electron chi connectivity index (χ4n) is 2.36. The van der Waals surface area contributed by atoms with Crippen LogP contribution in [0.15, 0.2) is 57.9 Å². The van der Waals surface area contributed by atoms with Gasteiger partial charge in [0.25, 0.3) is 0 Å². The van der Waals surface area contributed by atoms with Gasteiger partial charge in [0.1, 0.15) is 11.5 Å². The lowest BCUT2D eigenvalue weighted by molar-refractivity contribution is 0.0697. The van der Waals surface area contributed by atoms with Crippen LogP contribution in [0.4, 0.5) is 5.69 Å². The van der Waals surface area contributed by atoms with Crippen molar-refractivity contribution in [3.8, 4) is 11.3 Å². The van der Waals surface area contributed by atoms with Crippen LogP contribution in [0, 0.1) is 6.92 Å². The molecule has 0 atom stereocenters. The van der Waals surface area contributed by atoms with Crippen molar-refractivity contribution in [2.24, 2.45) is 4.99 Å².